The average Bonchev–Trinajstić information content (AvgIpc) is 2.47. The molecular formula is C17H16O4. The van der Waals surface area contributed by atoms with Gasteiger partial charge in [-0.1, -0.05) is 24.3 Å². The predicted molar refractivity (Wildman–Crippen MR) is 81.6 cm³/mol. The van der Waals surface area contributed by atoms with Gasteiger partial charge in [-0.2, -0.15) is 0 Å². The lowest BCUT2D eigenvalue weighted by atomic mass is 10.1. The summed E-state index contributed by atoms with van der Waals surface area (Å²) in [6, 6.07) is 11.5. The van der Waals surface area contributed by atoms with Gasteiger partial charge in [-0.15, -0.1) is 0 Å². The number of ether oxygens (including phenoxy) is 1. The number of phenolic OH excluding ortho intramolecular Hbond substituents is 1. The van der Waals surface area contributed by atoms with Crippen LogP contribution in [-0.2, 0) is 0 Å². The van der Waals surface area contributed by atoms with Gasteiger partial charge in [-0.05, 0) is 36.8 Å². The fourth-order valence-electron chi connectivity index (χ4n) is 1.86. The molecule has 0 bridgehead atoms. The van der Waals surface area contributed by atoms with Gasteiger partial charge in [-0.25, -0.2) is 4.79 Å². The lowest BCUT2D eigenvalue weighted by Crippen LogP contribution is -1.95. The number of carboxylic acid groups (broad SMARTS) is 1. The molecule has 2 aromatic rings. The Kier molecular flexibility index (Phi) is 4.61. The van der Waals surface area contributed by atoms with E-state index < -0.39 is 5.97 Å². The molecule has 0 fully saturated rings. The summed E-state index contributed by atoms with van der Waals surface area (Å²) in [7, 11) is 0. The molecule has 0 heterocycles. The molecule has 2 rings (SSSR count). The summed E-state index contributed by atoms with van der Waals surface area (Å²) in [6.07, 6.45) is 3.72. The van der Waals surface area contributed by atoms with Gasteiger partial charge in [0, 0.05) is 11.6 Å². The minimum atomic E-state index is -0.942. The molecule has 0 radical (unpaired) electrons. The normalized spacial score (nSPS) is 10.7. The summed E-state index contributed by atoms with van der Waals surface area (Å²) in [6.45, 7) is 2.39. The number of carbonyl (C=O) groups is 1. The van der Waals surface area contributed by atoms with E-state index in [2.05, 4.69) is 0 Å². The zero-order chi connectivity index (χ0) is 15.2. The van der Waals surface area contributed by atoms with Crippen LogP contribution in [0.15, 0.2) is 42.5 Å². The Balaban J connectivity index is 2.22. The molecular weight excluding hydrogens is 268 g/mol. The van der Waals surface area contributed by atoms with E-state index >= 15 is 0 Å². The summed E-state index contributed by atoms with van der Waals surface area (Å²) in [5.74, 6) is -0.181. The minimum Gasteiger partial charge on any atom is -0.508 e. The number of aromatic carboxylic acids is 1. The van der Waals surface area contributed by atoms with E-state index in [1.54, 1.807) is 42.5 Å². The van der Waals surface area contributed by atoms with Gasteiger partial charge in [0.2, 0.25) is 0 Å². The molecule has 0 aliphatic carbocycles. The number of phenols is 1. The van der Waals surface area contributed by atoms with Crippen molar-refractivity contribution in [3.05, 3.63) is 59.2 Å². The zero-order valence-electron chi connectivity index (χ0n) is 11.6. The van der Waals surface area contributed by atoms with E-state index in [1.807, 2.05) is 19.1 Å². The van der Waals surface area contributed by atoms with Crippen LogP contribution in [0, 0.1) is 0 Å². The van der Waals surface area contributed by atoms with Crippen molar-refractivity contribution in [3.8, 4) is 11.5 Å². The predicted octanol–water partition coefficient (Wildman–Crippen LogP) is 3.66. The molecule has 2 aromatic carbocycles. The molecule has 0 atom stereocenters. The maximum absolute atomic E-state index is 10.8. The summed E-state index contributed by atoms with van der Waals surface area (Å²) in [4.78, 5) is 10.8. The Morgan fingerprint density at radius 2 is 1.86 bits per heavy atom. The third-order valence-corrected chi connectivity index (χ3v) is 2.91. The fourth-order valence-corrected chi connectivity index (χ4v) is 1.86. The zero-order valence-corrected chi connectivity index (χ0v) is 11.6. The Labute approximate surface area is 122 Å². The molecule has 0 aliphatic rings. The first-order valence-electron chi connectivity index (χ1n) is 6.57. The molecule has 4 heteroatoms. The molecule has 0 saturated heterocycles. The van der Waals surface area contributed by atoms with Crippen LogP contribution < -0.4 is 4.74 Å². The van der Waals surface area contributed by atoms with Crippen molar-refractivity contribution in [1.82, 2.24) is 0 Å². The summed E-state index contributed by atoms with van der Waals surface area (Å²) in [5, 5.41) is 18.3. The highest BCUT2D eigenvalue weighted by Crippen LogP contribution is 2.26. The van der Waals surface area contributed by atoms with E-state index in [4.69, 9.17) is 9.84 Å². The largest absolute Gasteiger partial charge is 0.508 e. The maximum atomic E-state index is 10.8. The second-order valence-electron chi connectivity index (χ2n) is 4.42. The molecule has 0 aliphatic heterocycles. The van der Waals surface area contributed by atoms with Gasteiger partial charge in [0.1, 0.15) is 11.5 Å². The van der Waals surface area contributed by atoms with Crippen LogP contribution in [0.1, 0.15) is 28.4 Å². The molecule has 0 amide bonds. The first-order valence-corrected chi connectivity index (χ1v) is 6.57. The maximum Gasteiger partial charge on any atom is 0.335 e. The van der Waals surface area contributed by atoms with E-state index in [0.29, 0.717) is 12.4 Å². The van der Waals surface area contributed by atoms with Crippen molar-refractivity contribution in [2.45, 2.75) is 6.92 Å². The quantitative estimate of drug-likeness (QED) is 0.822. The molecule has 0 saturated carbocycles. The SMILES string of the molecule is CCOc1cc(O)ccc1/C=C/c1ccc(C(=O)O)cc1. The van der Waals surface area contributed by atoms with Crippen LogP contribution in [0.2, 0.25) is 0 Å². The van der Waals surface area contributed by atoms with Crippen molar-refractivity contribution in [1.29, 1.82) is 0 Å². The van der Waals surface area contributed by atoms with Crippen molar-refractivity contribution >= 4 is 18.1 Å². The third kappa shape index (κ3) is 3.86. The average molecular weight is 284 g/mol. The second-order valence-corrected chi connectivity index (χ2v) is 4.42. The van der Waals surface area contributed by atoms with Crippen LogP contribution in [0.25, 0.3) is 12.2 Å². The Morgan fingerprint density at radius 1 is 1.14 bits per heavy atom. The van der Waals surface area contributed by atoms with Gasteiger partial charge < -0.3 is 14.9 Å². The second kappa shape index (κ2) is 6.61. The Morgan fingerprint density at radius 3 is 2.48 bits per heavy atom. The number of carboxylic acids is 1. The van der Waals surface area contributed by atoms with Gasteiger partial charge in [0.25, 0.3) is 0 Å². The van der Waals surface area contributed by atoms with Gasteiger partial charge >= 0.3 is 5.97 Å². The summed E-state index contributed by atoms with van der Waals surface area (Å²) < 4.78 is 5.47. The lowest BCUT2D eigenvalue weighted by Gasteiger charge is -2.07. The molecule has 4 nitrogen and oxygen atoms in total. The molecule has 0 unspecified atom stereocenters. The van der Waals surface area contributed by atoms with Crippen LogP contribution in [0.5, 0.6) is 11.5 Å². The number of aromatic hydroxyl groups is 1. The molecule has 21 heavy (non-hydrogen) atoms. The van der Waals surface area contributed by atoms with E-state index in [0.717, 1.165) is 11.1 Å². The minimum absolute atomic E-state index is 0.154. The molecule has 0 spiro atoms. The highest BCUT2D eigenvalue weighted by Gasteiger charge is 2.03. The van der Waals surface area contributed by atoms with Crippen molar-refractivity contribution < 1.29 is 19.7 Å². The number of benzene rings is 2. The van der Waals surface area contributed by atoms with Gasteiger partial charge in [0.15, 0.2) is 0 Å². The highest BCUT2D eigenvalue weighted by atomic mass is 16.5. The topological polar surface area (TPSA) is 66.8 Å². The number of rotatable bonds is 5. The van der Waals surface area contributed by atoms with Gasteiger partial charge in [-0.3, -0.25) is 0 Å². The van der Waals surface area contributed by atoms with Crippen molar-refractivity contribution in [2.75, 3.05) is 6.61 Å². The van der Waals surface area contributed by atoms with Crippen LogP contribution in [0.3, 0.4) is 0 Å². The summed E-state index contributed by atoms with van der Waals surface area (Å²) in [5.41, 5.74) is 1.99. The van der Waals surface area contributed by atoms with Crippen molar-refractivity contribution in [3.63, 3.8) is 0 Å². The fraction of sp³-hybridized carbons (Fsp3) is 0.118. The van der Waals surface area contributed by atoms with Crippen molar-refractivity contribution in [2.24, 2.45) is 0 Å². The first kappa shape index (κ1) is 14.7. The smallest absolute Gasteiger partial charge is 0.335 e. The number of hydrogen-bond donors (Lipinski definition) is 2. The standard InChI is InChI=1S/C17H16O4/c1-2-21-16-11-15(18)10-9-13(16)6-3-12-4-7-14(8-5-12)17(19)20/h3-11,18H,2H2,1H3,(H,19,20)/b6-3+. The third-order valence-electron chi connectivity index (χ3n) is 2.91. The van der Waals surface area contributed by atoms with E-state index in [1.165, 1.54) is 0 Å². The Hall–Kier alpha value is -2.75. The monoisotopic (exact) mass is 284 g/mol. The first-order chi connectivity index (χ1) is 10.1. The highest BCUT2D eigenvalue weighted by molar-refractivity contribution is 5.88. The van der Waals surface area contributed by atoms with Crippen LogP contribution >= 0.6 is 0 Å². The van der Waals surface area contributed by atoms with Crippen LogP contribution in [-0.4, -0.2) is 22.8 Å². The molecule has 108 valence electrons. The summed E-state index contributed by atoms with van der Waals surface area (Å²) >= 11 is 0. The van der Waals surface area contributed by atoms with E-state index in [-0.39, 0.29) is 11.3 Å². The molecule has 2 N–H and O–H groups in total. The van der Waals surface area contributed by atoms with E-state index in [9.17, 15) is 9.90 Å². The van der Waals surface area contributed by atoms with Crippen LogP contribution in [0.4, 0.5) is 0 Å². The Bertz CT molecular complexity index is 657. The molecule has 0 aromatic heterocycles. The number of hydrogen-bond acceptors (Lipinski definition) is 3. The lowest BCUT2D eigenvalue weighted by molar-refractivity contribution is 0.0697. The van der Waals surface area contributed by atoms with Gasteiger partial charge in [0.05, 0.1) is 12.2 Å².